The van der Waals surface area contributed by atoms with Crippen LogP contribution in [-0.2, 0) is 16.1 Å². The van der Waals surface area contributed by atoms with Crippen molar-refractivity contribution >= 4 is 5.91 Å². The Morgan fingerprint density at radius 2 is 2.00 bits per heavy atom. The highest BCUT2D eigenvalue weighted by atomic mass is 19.1. The van der Waals surface area contributed by atoms with Gasteiger partial charge in [-0.15, -0.1) is 0 Å². The molecule has 1 aromatic carbocycles. The molecule has 6 nitrogen and oxygen atoms in total. The van der Waals surface area contributed by atoms with Crippen LogP contribution in [0.15, 0.2) is 30.3 Å². The van der Waals surface area contributed by atoms with Gasteiger partial charge in [0.2, 0.25) is 5.91 Å². The summed E-state index contributed by atoms with van der Waals surface area (Å²) < 4.78 is 19.4. The Kier molecular flexibility index (Phi) is 5.92. The molecular formula is C19H27FN2O4. The molecule has 1 atom stereocenters. The van der Waals surface area contributed by atoms with Crippen LogP contribution in [-0.4, -0.2) is 71.7 Å². The van der Waals surface area contributed by atoms with Gasteiger partial charge in [0.25, 0.3) is 0 Å². The molecule has 1 aliphatic heterocycles. The Balaban J connectivity index is 1.61. The molecule has 7 heteroatoms. The molecule has 3 rings (SSSR count). The van der Waals surface area contributed by atoms with Crippen LogP contribution in [0, 0.1) is 5.92 Å². The lowest BCUT2D eigenvalue weighted by atomic mass is 9.72. The number of benzene rings is 1. The smallest absolute Gasteiger partial charge is 0.223 e. The van der Waals surface area contributed by atoms with Gasteiger partial charge in [0, 0.05) is 25.6 Å². The van der Waals surface area contributed by atoms with E-state index in [9.17, 15) is 14.3 Å². The van der Waals surface area contributed by atoms with E-state index in [0.717, 1.165) is 5.56 Å². The number of carbonyl (C=O) groups is 1. The summed E-state index contributed by atoms with van der Waals surface area (Å²) in [6.07, 6.45) is 0.0946. The van der Waals surface area contributed by atoms with Crippen LogP contribution in [0.1, 0.15) is 18.4 Å². The second kappa shape index (κ2) is 8.00. The molecule has 0 bridgehead atoms. The molecule has 1 saturated heterocycles. The molecule has 1 heterocycles. The van der Waals surface area contributed by atoms with Crippen molar-refractivity contribution in [3.8, 4) is 0 Å². The number of amides is 1. The van der Waals surface area contributed by atoms with E-state index in [-0.39, 0.29) is 31.9 Å². The minimum absolute atomic E-state index is 0.0473. The van der Waals surface area contributed by atoms with Gasteiger partial charge in [-0.1, -0.05) is 30.3 Å². The average molecular weight is 366 g/mol. The number of aliphatic hydroxyl groups excluding tert-OH is 2. The van der Waals surface area contributed by atoms with E-state index >= 15 is 0 Å². The number of hydrogen-bond donors (Lipinski definition) is 3. The number of hydrogen-bond acceptors (Lipinski definition) is 5. The van der Waals surface area contributed by atoms with Crippen LogP contribution in [0.3, 0.4) is 0 Å². The quantitative estimate of drug-likeness (QED) is 0.654. The number of aliphatic hydroxyl groups is 2. The highest BCUT2D eigenvalue weighted by Gasteiger charge is 2.48. The predicted molar refractivity (Wildman–Crippen MR) is 94.1 cm³/mol. The average Bonchev–Trinajstić information content (AvgIpc) is 2.65. The normalized spacial score (nSPS) is 32.0. The molecule has 1 aromatic rings. The standard InChI is InChI=1S/C19H27FN2O4/c20-18(12-23)8-16(9-18)17(25)21-11-19(13-24)14-26-7-6-22(19)10-15-4-2-1-3-5-15/h1-5,16,23-24H,6-14H2,(H,21,25). The van der Waals surface area contributed by atoms with Gasteiger partial charge in [-0.25, -0.2) is 4.39 Å². The molecule has 2 aliphatic rings. The third-order valence-corrected chi connectivity index (χ3v) is 5.53. The fourth-order valence-electron chi connectivity index (χ4n) is 3.71. The monoisotopic (exact) mass is 366 g/mol. The SMILES string of the molecule is O=C(NCC1(CO)COCCN1Cc1ccccc1)C1CC(F)(CO)C1. The van der Waals surface area contributed by atoms with Crippen LogP contribution in [0.2, 0.25) is 0 Å². The van der Waals surface area contributed by atoms with Gasteiger partial charge in [-0.2, -0.15) is 0 Å². The topological polar surface area (TPSA) is 82.0 Å². The summed E-state index contributed by atoms with van der Waals surface area (Å²) in [5.74, 6) is -0.653. The summed E-state index contributed by atoms with van der Waals surface area (Å²) >= 11 is 0. The lowest BCUT2D eigenvalue weighted by Gasteiger charge is -2.46. The second-order valence-corrected chi connectivity index (χ2v) is 7.47. The Hall–Kier alpha value is -1.54. The first kappa shape index (κ1) is 19.2. The van der Waals surface area contributed by atoms with E-state index in [1.54, 1.807) is 0 Å². The van der Waals surface area contributed by atoms with Crippen LogP contribution in [0.25, 0.3) is 0 Å². The van der Waals surface area contributed by atoms with Crippen molar-refractivity contribution in [2.45, 2.75) is 30.6 Å². The third kappa shape index (κ3) is 4.06. The molecule has 0 spiro atoms. The molecule has 0 aromatic heterocycles. The van der Waals surface area contributed by atoms with Crippen molar-refractivity contribution in [3.63, 3.8) is 0 Å². The molecule has 3 N–H and O–H groups in total. The first-order chi connectivity index (χ1) is 12.5. The molecule has 1 saturated carbocycles. The molecule has 26 heavy (non-hydrogen) atoms. The molecule has 1 aliphatic carbocycles. The van der Waals surface area contributed by atoms with Crippen molar-refractivity contribution in [2.75, 3.05) is 39.5 Å². The van der Waals surface area contributed by atoms with Crippen LogP contribution in [0.5, 0.6) is 0 Å². The van der Waals surface area contributed by atoms with Gasteiger partial charge in [-0.3, -0.25) is 9.69 Å². The highest BCUT2D eigenvalue weighted by molar-refractivity contribution is 5.80. The van der Waals surface area contributed by atoms with E-state index in [0.29, 0.717) is 26.3 Å². The Bertz CT molecular complexity index is 609. The van der Waals surface area contributed by atoms with Crippen molar-refractivity contribution in [1.82, 2.24) is 10.2 Å². The fraction of sp³-hybridized carbons (Fsp3) is 0.632. The fourth-order valence-corrected chi connectivity index (χ4v) is 3.71. The van der Waals surface area contributed by atoms with Crippen molar-refractivity contribution < 1.29 is 24.1 Å². The first-order valence-corrected chi connectivity index (χ1v) is 9.05. The van der Waals surface area contributed by atoms with Crippen molar-refractivity contribution in [3.05, 3.63) is 35.9 Å². The van der Waals surface area contributed by atoms with Crippen LogP contribution < -0.4 is 5.32 Å². The van der Waals surface area contributed by atoms with Crippen LogP contribution >= 0.6 is 0 Å². The van der Waals surface area contributed by atoms with E-state index in [1.165, 1.54) is 0 Å². The number of nitrogens with one attached hydrogen (secondary N) is 1. The van der Waals surface area contributed by atoms with Gasteiger partial charge >= 0.3 is 0 Å². The first-order valence-electron chi connectivity index (χ1n) is 9.05. The van der Waals surface area contributed by atoms with Gasteiger partial charge in [0.1, 0.15) is 5.67 Å². The van der Waals surface area contributed by atoms with Crippen molar-refractivity contribution in [1.29, 1.82) is 0 Å². The lowest BCUT2D eigenvalue weighted by molar-refractivity contribution is -0.139. The molecule has 2 fully saturated rings. The largest absolute Gasteiger partial charge is 0.394 e. The number of rotatable bonds is 7. The maximum atomic E-state index is 13.8. The Morgan fingerprint density at radius 3 is 2.65 bits per heavy atom. The molecular weight excluding hydrogens is 339 g/mol. The summed E-state index contributed by atoms with van der Waals surface area (Å²) in [5.41, 5.74) is -1.19. The number of morpholine rings is 1. The lowest BCUT2D eigenvalue weighted by Crippen LogP contribution is -2.64. The third-order valence-electron chi connectivity index (χ3n) is 5.53. The summed E-state index contributed by atoms with van der Waals surface area (Å²) in [6, 6.07) is 9.96. The predicted octanol–water partition coefficient (Wildman–Crippen LogP) is 0.477. The van der Waals surface area contributed by atoms with Gasteiger partial charge in [-0.05, 0) is 18.4 Å². The van der Waals surface area contributed by atoms with E-state index < -0.39 is 23.7 Å². The Labute approximate surface area is 153 Å². The van der Waals surface area contributed by atoms with Crippen LogP contribution in [0.4, 0.5) is 4.39 Å². The Morgan fingerprint density at radius 1 is 1.27 bits per heavy atom. The molecule has 0 radical (unpaired) electrons. The molecule has 1 unspecified atom stereocenters. The zero-order chi connectivity index (χ0) is 18.6. The number of ether oxygens (including phenoxy) is 1. The number of alkyl halides is 1. The minimum atomic E-state index is -1.62. The van der Waals surface area contributed by atoms with Crippen molar-refractivity contribution in [2.24, 2.45) is 5.92 Å². The van der Waals surface area contributed by atoms with Gasteiger partial charge in [0.05, 0.1) is 32.0 Å². The maximum Gasteiger partial charge on any atom is 0.223 e. The van der Waals surface area contributed by atoms with E-state index in [2.05, 4.69) is 10.2 Å². The molecule has 1 amide bonds. The van der Waals surface area contributed by atoms with E-state index in [1.807, 2.05) is 30.3 Å². The number of halogens is 1. The summed E-state index contributed by atoms with van der Waals surface area (Å²) in [5, 5.41) is 21.9. The summed E-state index contributed by atoms with van der Waals surface area (Å²) in [7, 11) is 0. The zero-order valence-electron chi connectivity index (χ0n) is 14.9. The summed E-state index contributed by atoms with van der Waals surface area (Å²) in [4.78, 5) is 14.4. The number of nitrogens with zero attached hydrogens (tertiary/aromatic N) is 1. The maximum absolute atomic E-state index is 13.8. The molecule has 144 valence electrons. The minimum Gasteiger partial charge on any atom is -0.394 e. The zero-order valence-corrected chi connectivity index (χ0v) is 14.9. The van der Waals surface area contributed by atoms with E-state index in [4.69, 9.17) is 9.84 Å². The summed E-state index contributed by atoms with van der Waals surface area (Å²) in [6.45, 7) is 1.76. The van der Waals surface area contributed by atoms with Gasteiger partial charge in [0.15, 0.2) is 0 Å². The van der Waals surface area contributed by atoms with Gasteiger partial charge < -0.3 is 20.3 Å². The second-order valence-electron chi connectivity index (χ2n) is 7.47. The highest BCUT2D eigenvalue weighted by Crippen LogP contribution is 2.40. The number of carbonyl (C=O) groups excluding carboxylic acids is 1.